The van der Waals surface area contributed by atoms with Gasteiger partial charge in [-0.15, -0.1) is 0 Å². The number of ether oxygens (including phenoxy) is 1. The number of para-hydroxylation sites is 1. The number of aliphatic imine (C=N–C) groups is 1. The summed E-state index contributed by atoms with van der Waals surface area (Å²) in [6.45, 7) is 9.48. The zero-order valence-electron chi connectivity index (χ0n) is 19.5. The topological polar surface area (TPSA) is 46.4 Å². The summed E-state index contributed by atoms with van der Waals surface area (Å²) in [7, 11) is 2.01. The molecule has 3 aromatic carbocycles. The molecule has 166 valence electrons. The average molecular weight is 430 g/mol. The summed E-state index contributed by atoms with van der Waals surface area (Å²) in [6.07, 6.45) is 1.86. The molecule has 0 aliphatic heterocycles. The zero-order chi connectivity index (χ0) is 22.9. The summed E-state index contributed by atoms with van der Waals surface area (Å²) in [5, 5.41) is 4.35. The largest absolute Gasteiger partial charge is 0.457 e. The summed E-state index contributed by atoms with van der Waals surface area (Å²) >= 11 is 0. The molecule has 5 heteroatoms. The Morgan fingerprint density at radius 1 is 0.938 bits per heavy atom. The fraction of sp³-hybridized carbons (Fsp3) is 0.259. The van der Waals surface area contributed by atoms with Crippen molar-refractivity contribution in [1.82, 2.24) is 4.90 Å². The van der Waals surface area contributed by atoms with Crippen LogP contribution in [0, 0.1) is 13.8 Å². The number of benzene rings is 3. The van der Waals surface area contributed by atoms with Crippen molar-refractivity contribution in [3.05, 3.63) is 89.0 Å². The molecule has 0 aliphatic rings. The third-order valence-corrected chi connectivity index (χ3v) is 5.14. The highest BCUT2D eigenvalue weighted by atomic mass is 16.6. The van der Waals surface area contributed by atoms with Crippen LogP contribution < -0.4 is 4.74 Å². The predicted molar refractivity (Wildman–Crippen MR) is 132 cm³/mol. The molecule has 0 saturated heterocycles. The summed E-state index contributed by atoms with van der Waals surface area (Å²) in [6, 6.07) is 21.8. The minimum atomic E-state index is 0.368. The number of nitrogens with zero attached hydrogens (tertiary/aromatic N) is 3. The molecule has 0 bridgehead atoms. The molecule has 0 saturated carbocycles. The van der Waals surface area contributed by atoms with Crippen molar-refractivity contribution in [3.8, 4) is 11.5 Å². The predicted octanol–water partition coefficient (Wildman–Crippen LogP) is 6.65. The Hall–Kier alpha value is -3.60. The minimum Gasteiger partial charge on any atom is -0.457 e. The van der Waals surface area contributed by atoms with Crippen LogP contribution in [0.2, 0.25) is 0 Å². The van der Waals surface area contributed by atoms with Crippen LogP contribution in [0.4, 0.5) is 5.69 Å². The molecular formula is C27H31N3O2. The average Bonchev–Trinajstić information content (AvgIpc) is 2.80. The van der Waals surface area contributed by atoms with E-state index >= 15 is 0 Å². The van der Waals surface area contributed by atoms with Crippen LogP contribution in [-0.2, 0) is 11.4 Å². The summed E-state index contributed by atoms with van der Waals surface area (Å²) in [4.78, 5) is 12.3. The van der Waals surface area contributed by atoms with Crippen molar-refractivity contribution in [2.75, 3.05) is 13.6 Å². The van der Waals surface area contributed by atoms with Gasteiger partial charge in [-0.1, -0.05) is 35.5 Å². The SMILES string of the molecule is CCN(C)C=Nc1cc(C)c(C(C)=NOCc2cccc(Oc3ccccc3)c2)cc1C. The molecule has 0 heterocycles. The van der Waals surface area contributed by atoms with E-state index in [0.29, 0.717) is 6.61 Å². The maximum absolute atomic E-state index is 5.89. The number of hydrogen-bond donors (Lipinski definition) is 0. The van der Waals surface area contributed by atoms with Gasteiger partial charge >= 0.3 is 0 Å². The van der Waals surface area contributed by atoms with Gasteiger partial charge in [-0.2, -0.15) is 0 Å². The Labute approximate surface area is 191 Å². The smallest absolute Gasteiger partial charge is 0.142 e. The van der Waals surface area contributed by atoms with Gasteiger partial charge in [-0.05, 0) is 80.8 Å². The van der Waals surface area contributed by atoms with Crippen molar-refractivity contribution in [1.29, 1.82) is 0 Å². The molecule has 0 fully saturated rings. The third kappa shape index (κ3) is 6.45. The normalized spacial score (nSPS) is 11.6. The standard InChI is InChI=1S/C27H31N3O2/c1-6-30(5)19-28-27-16-20(2)26(15-21(27)3)22(4)29-31-18-23-11-10-14-25(17-23)32-24-12-8-7-9-13-24/h7-17,19H,6,18H2,1-5H3. The Kier molecular flexibility index (Phi) is 8.03. The molecular weight excluding hydrogens is 398 g/mol. The molecule has 3 aromatic rings. The van der Waals surface area contributed by atoms with Gasteiger partial charge in [0, 0.05) is 19.2 Å². The lowest BCUT2D eigenvalue weighted by Gasteiger charge is -2.12. The van der Waals surface area contributed by atoms with Crippen LogP contribution in [0.1, 0.15) is 36.1 Å². The van der Waals surface area contributed by atoms with Gasteiger partial charge in [0.15, 0.2) is 0 Å². The first-order chi connectivity index (χ1) is 15.5. The lowest BCUT2D eigenvalue weighted by atomic mass is 10.0. The van der Waals surface area contributed by atoms with E-state index in [-0.39, 0.29) is 0 Å². The van der Waals surface area contributed by atoms with Crippen LogP contribution in [0.3, 0.4) is 0 Å². The van der Waals surface area contributed by atoms with Crippen LogP contribution in [-0.4, -0.2) is 30.5 Å². The number of oxime groups is 1. The second kappa shape index (κ2) is 11.1. The second-order valence-electron chi connectivity index (χ2n) is 7.78. The molecule has 5 nitrogen and oxygen atoms in total. The Balaban J connectivity index is 1.65. The zero-order valence-corrected chi connectivity index (χ0v) is 19.5. The fourth-order valence-corrected chi connectivity index (χ4v) is 3.15. The minimum absolute atomic E-state index is 0.368. The first-order valence-electron chi connectivity index (χ1n) is 10.8. The van der Waals surface area contributed by atoms with Crippen LogP contribution in [0.5, 0.6) is 11.5 Å². The highest BCUT2D eigenvalue weighted by Gasteiger charge is 2.08. The van der Waals surface area contributed by atoms with Gasteiger partial charge in [0.2, 0.25) is 0 Å². The van der Waals surface area contributed by atoms with Gasteiger partial charge in [0.25, 0.3) is 0 Å². The van der Waals surface area contributed by atoms with E-state index < -0.39 is 0 Å². The molecule has 0 aromatic heterocycles. The molecule has 0 unspecified atom stereocenters. The quantitative estimate of drug-likeness (QED) is 0.217. The van der Waals surface area contributed by atoms with E-state index in [2.05, 4.69) is 43.1 Å². The Morgan fingerprint density at radius 3 is 2.44 bits per heavy atom. The van der Waals surface area contributed by atoms with Crippen molar-refractivity contribution in [2.45, 2.75) is 34.3 Å². The third-order valence-electron chi connectivity index (χ3n) is 5.14. The van der Waals surface area contributed by atoms with E-state index in [1.807, 2.05) is 79.8 Å². The van der Waals surface area contributed by atoms with Crippen molar-refractivity contribution >= 4 is 17.7 Å². The first kappa shape index (κ1) is 23.1. The Morgan fingerprint density at radius 2 is 1.69 bits per heavy atom. The highest BCUT2D eigenvalue weighted by Crippen LogP contribution is 2.24. The van der Waals surface area contributed by atoms with E-state index in [1.54, 1.807) is 0 Å². The molecule has 0 spiro atoms. The van der Waals surface area contributed by atoms with E-state index in [9.17, 15) is 0 Å². The molecule has 32 heavy (non-hydrogen) atoms. The van der Waals surface area contributed by atoms with E-state index in [4.69, 9.17) is 9.57 Å². The monoisotopic (exact) mass is 429 g/mol. The highest BCUT2D eigenvalue weighted by molar-refractivity contribution is 6.00. The van der Waals surface area contributed by atoms with Crippen LogP contribution in [0.25, 0.3) is 0 Å². The lowest BCUT2D eigenvalue weighted by Crippen LogP contribution is -2.14. The molecule has 0 radical (unpaired) electrons. The molecule has 0 atom stereocenters. The van der Waals surface area contributed by atoms with Crippen molar-refractivity contribution < 1.29 is 9.57 Å². The first-order valence-corrected chi connectivity index (χ1v) is 10.8. The van der Waals surface area contributed by atoms with E-state index in [0.717, 1.165) is 51.7 Å². The van der Waals surface area contributed by atoms with Gasteiger partial charge in [0.1, 0.15) is 18.1 Å². The van der Waals surface area contributed by atoms with Gasteiger partial charge < -0.3 is 14.5 Å². The van der Waals surface area contributed by atoms with Crippen molar-refractivity contribution in [2.24, 2.45) is 10.1 Å². The lowest BCUT2D eigenvalue weighted by molar-refractivity contribution is 0.130. The van der Waals surface area contributed by atoms with Gasteiger partial charge in [0.05, 0.1) is 17.7 Å². The van der Waals surface area contributed by atoms with Crippen molar-refractivity contribution in [3.63, 3.8) is 0 Å². The Bertz CT molecular complexity index is 1090. The molecule has 3 rings (SSSR count). The van der Waals surface area contributed by atoms with Crippen LogP contribution >= 0.6 is 0 Å². The molecule has 0 aliphatic carbocycles. The fourth-order valence-electron chi connectivity index (χ4n) is 3.15. The maximum atomic E-state index is 5.89. The van der Waals surface area contributed by atoms with Crippen LogP contribution in [0.15, 0.2) is 76.9 Å². The van der Waals surface area contributed by atoms with Gasteiger partial charge in [-0.3, -0.25) is 0 Å². The summed E-state index contributed by atoms with van der Waals surface area (Å²) in [5.74, 6) is 1.58. The summed E-state index contributed by atoms with van der Waals surface area (Å²) < 4.78 is 5.89. The van der Waals surface area contributed by atoms with Gasteiger partial charge in [-0.25, -0.2) is 4.99 Å². The second-order valence-corrected chi connectivity index (χ2v) is 7.78. The number of hydrogen-bond acceptors (Lipinski definition) is 4. The number of rotatable bonds is 9. The molecule has 0 amide bonds. The summed E-state index contributed by atoms with van der Waals surface area (Å²) in [5.41, 5.74) is 6.08. The number of aryl methyl sites for hydroxylation is 2. The molecule has 0 N–H and O–H groups in total. The van der Waals surface area contributed by atoms with E-state index in [1.165, 1.54) is 0 Å². The maximum Gasteiger partial charge on any atom is 0.142 e.